The van der Waals surface area contributed by atoms with Crippen molar-refractivity contribution in [2.24, 2.45) is 0 Å². The average Bonchev–Trinajstić information content (AvgIpc) is 3.16. The molecule has 5 aromatic rings. The minimum atomic E-state index is -0.334. The minimum absolute atomic E-state index is 0.334. The summed E-state index contributed by atoms with van der Waals surface area (Å²) in [5.74, 6) is 0.964. The maximum Gasteiger partial charge on any atom is 0.308 e. The van der Waals surface area contributed by atoms with Crippen LogP contribution < -0.4 is 4.74 Å². The molecule has 0 spiro atoms. The fourth-order valence-electron chi connectivity index (χ4n) is 3.43. The van der Waals surface area contributed by atoms with Crippen molar-refractivity contribution in [3.05, 3.63) is 79.1 Å². The molecule has 0 aliphatic carbocycles. The molecule has 0 radical (unpaired) electrons. The van der Waals surface area contributed by atoms with Crippen molar-refractivity contribution in [2.45, 2.75) is 6.92 Å². The van der Waals surface area contributed by atoms with Gasteiger partial charge in [-0.25, -0.2) is 0 Å². The van der Waals surface area contributed by atoms with E-state index in [0.29, 0.717) is 5.75 Å². The Morgan fingerprint density at radius 1 is 0.931 bits per heavy atom. The summed E-state index contributed by atoms with van der Waals surface area (Å²) in [7, 11) is 0. The van der Waals surface area contributed by atoms with Gasteiger partial charge in [-0.3, -0.25) is 14.2 Å². The molecule has 0 atom stereocenters. The summed E-state index contributed by atoms with van der Waals surface area (Å²) in [6.45, 7) is 1.39. The van der Waals surface area contributed by atoms with Crippen LogP contribution in [0.1, 0.15) is 6.92 Å². The van der Waals surface area contributed by atoms with Crippen LogP contribution in [0.15, 0.2) is 79.1 Å². The summed E-state index contributed by atoms with van der Waals surface area (Å²) in [6.07, 6.45) is 3.76. The van der Waals surface area contributed by atoms with Crippen molar-refractivity contribution in [1.29, 1.82) is 0 Å². The van der Waals surface area contributed by atoms with Gasteiger partial charge < -0.3 is 4.74 Å². The summed E-state index contributed by atoms with van der Waals surface area (Å²) in [5, 5.41) is 9.83. The number of benzene rings is 2. The van der Waals surface area contributed by atoms with Crippen LogP contribution in [0.2, 0.25) is 0 Å². The molecule has 3 aromatic heterocycles. The molecule has 0 saturated heterocycles. The van der Waals surface area contributed by atoms with Gasteiger partial charge in [-0.1, -0.05) is 30.3 Å². The van der Waals surface area contributed by atoms with Gasteiger partial charge in [0.2, 0.25) is 0 Å². The maximum atomic E-state index is 11.1. The van der Waals surface area contributed by atoms with E-state index in [9.17, 15) is 4.79 Å². The van der Waals surface area contributed by atoms with Crippen LogP contribution in [0.25, 0.3) is 39.1 Å². The molecule has 0 fully saturated rings. The summed E-state index contributed by atoms with van der Waals surface area (Å²) in [4.78, 5) is 15.5. The van der Waals surface area contributed by atoms with Crippen molar-refractivity contribution in [3.8, 4) is 28.3 Å². The molecule has 3 heterocycles. The van der Waals surface area contributed by atoms with Gasteiger partial charge in [0.1, 0.15) is 5.75 Å². The summed E-state index contributed by atoms with van der Waals surface area (Å²) < 4.78 is 7.06. The number of ether oxygens (including phenoxy) is 1. The van der Waals surface area contributed by atoms with E-state index in [1.165, 1.54) is 6.92 Å². The van der Waals surface area contributed by atoms with Crippen LogP contribution in [0.5, 0.6) is 5.75 Å². The van der Waals surface area contributed by atoms with Gasteiger partial charge in [0.25, 0.3) is 0 Å². The normalized spacial score (nSPS) is 11.1. The second-order valence-corrected chi connectivity index (χ2v) is 6.66. The first-order valence-electron chi connectivity index (χ1n) is 9.17. The van der Waals surface area contributed by atoms with Crippen molar-refractivity contribution in [3.63, 3.8) is 0 Å². The van der Waals surface area contributed by atoms with E-state index in [-0.39, 0.29) is 5.97 Å². The quantitative estimate of drug-likeness (QED) is 0.340. The van der Waals surface area contributed by atoms with Crippen LogP contribution >= 0.6 is 0 Å². The Morgan fingerprint density at radius 3 is 2.59 bits per heavy atom. The number of aromatic nitrogens is 4. The molecule has 0 bridgehead atoms. The molecule has 5 rings (SSSR count). The molecule has 0 unspecified atom stereocenters. The van der Waals surface area contributed by atoms with Gasteiger partial charge in [0, 0.05) is 30.3 Å². The molecule has 6 nitrogen and oxygen atoms in total. The van der Waals surface area contributed by atoms with Crippen molar-refractivity contribution in [1.82, 2.24) is 19.6 Å². The van der Waals surface area contributed by atoms with Gasteiger partial charge in [0.05, 0.1) is 5.52 Å². The van der Waals surface area contributed by atoms with E-state index in [0.717, 1.165) is 39.1 Å². The average molecular weight is 380 g/mol. The third kappa shape index (κ3) is 3.10. The smallest absolute Gasteiger partial charge is 0.308 e. The van der Waals surface area contributed by atoms with Gasteiger partial charge in [0.15, 0.2) is 11.5 Å². The highest BCUT2D eigenvalue weighted by Crippen LogP contribution is 2.28. The van der Waals surface area contributed by atoms with Crippen LogP contribution in [-0.2, 0) is 4.79 Å². The van der Waals surface area contributed by atoms with E-state index in [4.69, 9.17) is 4.74 Å². The van der Waals surface area contributed by atoms with Crippen LogP contribution in [0, 0.1) is 0 Å². The SMILES string of the molecule is CC(=O)Oc1ccc(-c2ccn3c(-c4ccnc5ccccc45)nnc3c2)cc1. The van der Waals surface area contributed by atoms with E-state index in [2.05, 4.69) is 15.2 Å². The lowest BCUT2D eigenvalue weighted by atomic mass is 10.1. The highest BCUT2D eigenvalue weighted by Gasteiger charge is 2.12. The first-order chi connectivity index (χ1) is 14.2. The molecule has 0 aliphatic heterocycles. The fourth-order valence-corrected chi connectivity index (χ4v) is 3.43. The third-order valence-corrected chi connectivity index (χ3v) is 4.75. The third-order valence-electron chi connectivity index (χ3n) is 4.75. The van der Waals surface area contributed by atoms with Crippen molar-refractivity contribution in [2.75, 3.05) is 0 Å². The lowest BCUT2D eigenvalue weighted by Gasteiger charge is -2.07. The molecule has 6 heteroatoms. The minimum Gasteiger partial charge on any atom is -0.427 e. The second-order valence-electron chi connectivity index (χ2n) is 6.66. The Hall–Kier alpha value is -4.06. The van der Waals surface area contributed by atoms with Crippen LogP contribution in [0.3, 0.4) is 0 Å². The second kappa shape index (κ2) is 6.83. The van der Waals surface area contributed by atoms with E-state index in [1.807, 2.05) is 65.2 Å². The molecular formula is C23H16N4O2. The number of hydrogen-bond acceptors (Lipinski definition) is 5. The van der Waals surface area contributed by atoms with Crippen molar-refractivity contribution < 1.29 is 9.53 Å². The predicted octanol–water partition coefficient (Wildman–Crippen LogP) is 4.54. The Bertz CT molecular complexity index is 1350. The van der Waals surface area contributed by atoms with Gasteiger partial charge in [-0.15, -0.1) is 10.2 Å². The zero-order chi connectivity index (χ0) is 19.8. The van der Waals surface area contributed by atoms with Crippen molar-refractivity contribution >= 4 is 22.5 Å². The Kier molecular flexibility index (Phi) is 4.02. The molecule has 29 heavy (non-hydrogen) atoms. The predicted molar refractivity (Wildman–Crippen MR) is 110 cm³/mol. The highest BCUT2D eigenvalue weighted by atomic mass is 16.5. The number of carbonyl (C=O) groups is 1. The topological polar surface area (TPSA) is 69.4 Å². The number of pyridine rings is 2. The summed E-state index contributed by atoms with van der Waals surface area (Å²) in [5.41, 5.74) is 4.67. The molecule has 140 valence electrons. The zero-order valence-electron chi connectivity index (χ0n) is 15.6. The molecule has 0 N–H and O–H groups in total. The Balaban J connectivity index is 1.56. The maximum absolute atomic E-state index is 11.1. The number of esters is 1. The number of nitrogens with zero attached hydrogens (tertiary/aromatic N) is 4. The van der Waals surface area contributed by atoms with Gasteiger partial charge >= 0.3 is 5.97 Å². The summed E-state index contributed by atoms with van der Waals surface area (Å²) in [6, 6.07) is 21.3. The lowest BCUT2D eigenvalue weighted by Crippen LogP contribution is -2.00. The number of hydrogen-bond donors (Lipinski definition) is 0. The lowest BCUT2D eigenvalue weighted by molar-refractivity contribution is -0.131. The molecular weight excluding hydrogens is 364 g/mol. The first-order valence-corrected chi connectivity index (χ1v) is 9.17. The van der Waals surface area contributed by atoms with E-state index in [1.54, 1.807) is 18.3 Å². The molecule has 2 aromatic carbocycles. The largest absolute Gasteiger partial charge is 0.427 e. The first kappa shape index (κ1) is 17.1. The standard InChI is InChI=1S/C23H16N4O2/c1-15(28)29-18-8-6-16(7-9-18)17-11-13-27-22(14-17)25-26-23(27)20-10-12-24-21-5-3-2-4-19(20)21/h2-14H,1H3. The Morgan fingerprint density at radius 2 is 1.76 bits per heavy atom. The van der Waals surface area contributed by atoms with Gasteiger partial charge in [-0.2, -0.15) is 0 Å². The molecule has 0 aliphatic rings. The highest BCUT2D eigenvalue weighted by molar-refractivity contribution is 5.92. The van der Waals surface area contributed by atoms with E-state index >= 15 is 0 Å². The monoisotopic (exact) mass is 380 g/mol. The fraction of sp³-hybridized carbons (Fsp3) is 0.0435. The van der Waals surface area contributed by atoms with Crippen LogP contribution in [0.4, 0.5) is 0 Å². The Labute approximate surface area is 166 Å². The number of para-hydroxylation sites is 1. The number of carbonyl (C=O) groups excluding carboxylic acids is 1. The van der Waals surface area contributed by atoms with Gasteiger partial charge in [-0.05, 0) is 47.5 Å². The number of fused-ring (bicyclic) bond motifs is 2. The zero-order valence-corrected chi connectivity index (χ0v) is 15.6. The summed E-state index contributed by atoms with van der Waals surface area (Å²) >= 11 is 0. The molecule has 0 amide bonds. The number of rotatable bonds is 3. The molecule has 0 saturated carbocycles. The van der Waals surface area contributed by atoms with Crippen LogP contribution in [-0.4, -0.2) is 25.6 Å². The van der Waals surface area contributed by atoms with E-state index < -0.39 is 0 Å².